The number of nitrogens with one attached hydrogen (secondary N) is 1. The Balaban J connectivity index is 1.88. The first-order valence-corrected chi connectivity index (χ1v) is 9.00. The second-order valence-electron chi connectivity index (χ2n) is 6.22. The number of halogens is 2. The van der Waals surface area contributed by atoms with Crippen molar-refractivity contribution < 1.29 is 4.39 Å². The molecule has 3 heterocycles. The van der Waals surface area contributed by atoms with Gasteiger partial charge in [-0.15, -0.1) is 0 Å². The van der Waals surface area contributed by atoms with E-state index in [4.69, 9.17) is 9.98 Å². The van der Waals surface area contributed by atoms with E-state index in [0.717, 1.165) is 55.6 Å². The molecular formula is C17H19BrFN5. The maximum absolute atomic E-state index is 14.1. The summed E-state index contributed by atoms with van der Waals surface area (Å²) in [6.07, 6.45) is 4.94. The molecule has 0 bridgehead atoms. The molecule has 0 aliphatic carbocycles. The van der Waals surface area contributed by atoms with E-state index < -0.39 is 0 Å². The van der Waals surface area contributed by atoms with Gasteiger partial charge in [0.05, 0.1) is 21.9 Å². The zero-order valence-corrected chi connectivity index (χ0v) is 15.1. The SMILES string of the molecule is CC1CC=CN2C(=N1)C(N1CCNCC1)=Nc1cc(Br)c(F)cc12. The topological polar surface area (TPSA) is 43.2 Å². The molecule has 0 spiro atoms. The van der Waals surface area contributed by atoms with E-state index in [2.05, 4.69) is 39.1 Å². The zero-order chi connectivity index (χ0) is 16.7. The zero-order valence-electron chi connectivity index (χ0n) is 13.5. The van der Waals surface area contributed by atoms with Gasteiger partial charge in [0.15, 0.2) is 11.7 Å². The van der Waals surface area contributed by atoms with Crippen LogP contribution in [0.25, 0.3) is 0 Å². The van der Waals surface area contributed by atoms with E-state index in [1.54, 1.807) is 6.07 Å². The van der Waals surface area contributed by atoms with Gasteiger partial charge in [-0.25, -0.2) is 9.38 Å². The van der Waals surface area contributed by atoms with Crippen LogP contribution in [0.4, 0.5) is 15.8 Å². The number of benzene rings is 1. The molecule has 7 heteroatoms. The Kier molecular flexibility index (Phi) is 4.14. The van der Waals surface area contributed by atoms with Gasteiger partial charge < -0.3 is 10.2 Å². The van der Waals surface area contributed by atoms with Crippen molar-refractivity contribution in [3.8, 4) is 0 Å². The number of hydrogen-bond donors (Lipinski definition) is 1. The molecule has 0 saturated carbocycles. The Morgan fingerprint density at radius 1 is 1.25 bits per heavy atom. The van der Waals surface area contributed by atoms with Crippen molar-refractivity contribution in [3.05, 3.63) is 34.7 Å². The highest BCUT2D eigenvalue weighted by molar-refractivity contribution is 9.10. The van der Waals surface area contributed by atoms with Gasteiger partial charge in [0.25, 0.3) is 0 Å². The summed E-state index contributed by atoms with van der Waals surface area (Å²) < 4.78 is 14.5. The standard InChI is InChI=1S/C17H19BrFN5/c1-11-3-2-6-24-15-10-13(19)12(18)9-14(15)22-16(17(24)21-11)23-7-4-20-5-8-23/h2,6,9-11,20H,3-5,7-8H2,1H3. The summed E-state index contributed by atoms with van der Waals surface area (Å²) in [5, 5.41) is 3.36. The fourth-order valence-electron chi connectivity index (χ4n) is 3.18. The first-order chi connectivity index (χ1) is 11.6. The lowest BCUT2D eigenvalue weighted by Crippen LogP contribution is -2.52. The van der Waals surface area contributed by atoms with Crippen LogP contribution in [0.15, 0.2) is 38.9 Å². The minimum absolute atomic E-state index is 0.177. The summed E-state index contributed by atoms with van der Waals surface area (Å²) in [6, 6.07) is 3.44. The number of rotatable bonds is 0. The second kappa shape index (κ2) is 6.29. The van der Waals surface area contributed by atoms with Crippen molar-refractivity contribution in [2.75, 3.05) is 31.1 Å². The van der Waals surface area contributed by atoms with Gasteiger partial charge in [-0.1, -0.05) is 6.08 Å². The summed E-state index contributed by atoms with van der Waals surface area (Å²) in [4.78, 5) is 13.9. The lowest BCUT2D eigenvalue weighted by Gasteiger charge is -2.36. The number of nitrogens with zero attached hydrogens (tertiary/aromatic N) is 4. The molecule has 1 aromatic carbocycles. The largest absolute Gasteiger partial charge is 0.351 e. The fourth-order valence-corrected chi connectivity index (χ4v) is 3.51. The Bertz CT molecular complexity index is 752. The number of fused-ring (bicyclic) bond motifs is 3. The first kappa shape index (κ1) is 15.8. The van der Waals surface area contributed by atoms with Crippen molar-refractivity contribution in [2.45, 2.75) is 19.4 Å². The van der Waals surface area contributed by atoms with Crippen molar-refractivity contribution in [2.24, 2.45) is 9.98 Å². The molecule has 3 aliphatic heterocycles. The van der Waals surface area contributed by atoms with Gasteiger partial charge in [0.2, 0.25) is 0 Å². The molecule has 0 aromatic heterocycles. The van der Waals surface area contributed by atoms with E-state index in [9.17, 15) is 4.39 Å². The van der Waals surface area contributed by atoms with Crippen LogP contribution in [-0.4, -0.2) is 48.8 Å². The average Bonchev–Trinajstić information content (AvgIpc) is 2.78. The van der Waals surface area contributed by atoms with Crippen LogP contribution in [0.2, 0.25) is 0 Å². The molecule has 126 valence electrons. The van der Waals surface area contributed by atoms with Crippen molar-refractivity contribution in [1.82, 2.24) is 10.2 Å². The van der Waals surface area contributed by atoms with E-state index in [-0.39, 0.29) is 11.9 Å². The van der Waals surface area contributed by atoms with E-state index in [0.29, 0.717) is 4.47 Å². The van der Waals surface area contributed by atoms with Crippen LogP contribution in [0.5, 0.6) is 0 Å². The molecule has 24 heavy (non-hydrogen) atoms. The minimum atomic E-state index is -0.292. The molecule has 4 rings (SSSR count). The lowest BCUT2D eigenvalue weighted by molar-refractivity contribution is 0.360. The predicted molar refractivity (Wildman–Crippen MR) is 98.8 cm³/mol. The Morgan fingerprint density at radius 3 is 2.83 bits per heavy atom. The van der Waals surface area contributed by atoms with Gasteiger partial charge in [0.1, 0.15) is 5.82 Å². The van der Waals surface area contributed by atoms with E-state index in [1.165, 1.54) is 6.07 Å². The normalized spacial score (nSPS) is 23.2. The molecule has 3 aliphatic rings. The maximum atomic E-state index is 14.1. The van der Waals surface area contributed by atoms with Gasteiger partial charge in [-0.3, -0.25) is 9.89 Å². The van der Waals surface area contributed by atoms with Gasteiger partial charge in [0, 0.05) is 38.4 Å². The Morgan fingerprint density at radius 2 is 2.04 bits per heavy atom. The number of piperazine rings is 1. The number of hydrogen-bond acceptors (Lipinski definition) is 5. The summed E-state index contributed by atoms with van der Waals surface area (Å²) in [5.41, 5.74) is 1.49. The average molecular weight is 392 g/mol. The predicted octanol–water partition coefficient (Wildman–Crippen LogP) is 3.05. The maximum Gasteiger partial charge on any atom is 0.176 e. The van der Waals surface area contributed by atoms with Crippen LogP contribution in [0.3, 0.4) is 0 Å². The highest BCUT2D eigenvalue weighted by Gasteiger charge is 2.31. The highest BCUT2D eigenvalue weighted by Crippen LogP contribution is 2.38. The Hall–Kier alpha value is -1.73. The molecule has 1 saturated heterocycles. The third kappa shape index (κ3) is 2.75. The summed E-state index contributed by atoms with van der Waals surface area (Å²) >= 11 is 3.27. The first-order valence-electron chi connectivity index (χ1n) is 8.21. The van der Waals surface area contributed by atoms with Crippen molar-refractivity contribution >= 4 is 39.0 Å². The molecule has 1 fully saturated rings. The lowest BCUT2D eigenvalue weighted by atomic mass is 10.2. The third-order valence-corrected chi connectivity index (χ3v) is 5.03. The smallest absolute Gasteiger partial charge is 0.176 e. The van der Waals surface area contributed by atoms with Gasteiger partial charge >= 0.3 is 0 Å². The minimum Gasteiger partial charge on any atom is -0.351 e. The molecule has 1 N–H and O–H groups in total. The number of amidine groups is 2. The van der Waals surface area contributed by atoms with Gasteiger partial charge in [-0.2, -0.15) is 0 Å². The molecule has 0 radical (unpaired) electrons. The highest BCUT2D eigenvalue weighted by atomic mass is 79.9. The van der Waals surface area contributed by atoms with Gasteiger partial charge in [-0.05, 0) is 35.3 Å². The summed E-state index contributed by atoms with van der Waals surface area (Å²) in [6.45, 7) is 5.73. The molecule has 1 unspecified atom stereocenters. The van der Waals surface area contributed by atoms with Crippen LogP contribution in [0.1, 0.15) is 13.3 Å². The fraction of sp³-hybridized carbons (Fsp3) is 0.412. The van der Waals surface area contributed by atoms with Crippen molar-refractivity contribution in [1.29, 1.82) is 0 Å². The number of anilines is 1. The monoisotopic (exact) mass is 391 g/mol. The van der Waals surface area contributed by atoms with Crippen LogP contribution < -0.4 is 10.2 Å². The van der Waals surface area contributed by atoms with Crippen LogP contribution in [-0.2, 0) is 0 Å². The quantitative estimate of drug-likeness (QED) is 0.738. The van der Waals surface area contributed by atoms with E-state index >= 15 is 0 Å². The molecule has 1 atom stereocenters. The van der Waals surface area contributed by atoms with Crippen LogP contribution >= 0.6 is 15.9 Å². The van der Waals surface area contributed by atoms with Crippen LogP contribution in [0, 0.1) is 5.82 Å². The number of aliphatic imine (C=N–C) groups is 2. The third-order valence-electron chi connectivity index (χ3n) is 4.42. The second-order valence-corrected chi connectivity index (χ2v) is 7.07. The molecule has 5 nitrogen and oxygen atoms in total. The summed E-state index contributed by atoms with van der Waals surface area (Å²) in [5.74, 6) is 1.40. The summed E-state index contributed by atoms with van der Waals surface area (Å²) in [7, 11) is 0. The Labute approximate surface area is 149 Å². The molecule has 1 aromatic rings. The molecule has 0 amide bonds. The van der Waals surface area contributed by atoms with E-state index in [1.807, 2.05) is 11.1 Å². The van der Waals surface area contributed by atoms with Crippen molar-refractivity contribution in [3.63, 3.8) is 0 Å². The molecular weight excluding hydrogens is 373 g/mol.